The molecule has 1 heterocycles. The van der Waals surface area contributed by atoms with E-state index in [1.807, 2.05) is 62.6 Å². The second-order valence-corrected chi connectivity index (χ2v) is 8.37. The zero-order chi connectivity index (χ0) is 21.3. The van der Waals surface area contributed by atoms with Gasteiger partial charge in [0.2, 0.25) is 5.91 Å². The number of nitrogens with zero attached hydrogens (tertiary/aromatic N) is 2. The highest BCUT2D eigenvalue weighted by Gasteiger charge is 2.39. The number of ether oxygens (including phenoxy) is 1. The Labute approximate surface area is 181 Å². The van der Waals surface area contributed by atoms with Crippen LogP contribution in [0.1, 0.15) is 42.7 Å². The van der Waals surface area contributed by atoms with Crippen molar-refractivity contribution >= 4 is 23.3 Å². The van der Waals surface area contributed by atoms with Gasteiger partial charge in [0.25, 0.3) is 0 Å². The monoisotopic (exact) mass is 424 g/mol. The van der Waals surface area contributed by atoms with Crippen LogP contribution in [-0.4, -0.2) is 35.8 Å². The number of rotatable bonds is 5. The Kier molecular flexibility index (Phi) is 5.93. The molecule has 2 aliphatic rings. The van der Waals surface area contributed by atoms with Crippen molar-refractivity contribution in [2.24, 2.45) is 0 Å². The zero-order valence-electron chi connectivity index (χ0n) is 17.2. The summed E-state index contributed by atoms with van der Waals surface area (Å²) < 4.78 is 5.87. The molecule has 0 saturated heterocycles. The van der Waals surface area contributed by atoms with Gasteiger partial charge in [-0.25, -0.2) is 10.0 Å². The van der Waals surface area contributed by atoms with Crippen LogP contribution in [0.15, 0.2) is 59.8 Å². The maximum atomic E-state index is 12.8. The highest BCUT2D eigenvalue weighted by Crippen LogP contribution is 2.42. The number of ketones is 1. The zero-order valence-corrected chi connectivity index (χ0v) is 18.0. The van der Waals surface area contributed by atoms with Gasteiger partial charge in [-0.15, -0.1) is 0 Å². The van der Waals surface area contributed by atoms with Gasteiger partial charge in [0.1, 0.15) is 12.4 Å². The lowest BCUT2D eigenvalue weighted by Gasteiger charge is -2.41. The molecule has 0 spiro atoms. The van der Waals surface area contributed by atoms with Gasteiger partial charge in [0.05, 0.1) is 0 Å². The largest absolute Gasteiger partial charge is 0.489 e. The van der Waals surface area contributed by atoms with E-state index in [9.17, 15) is 9.59 Å². The molecule has 0 aromatic heterocycles. The van der Waals surface area contributed by atoms with E-state index in [0.29, 0.717) is 24.5 Å². The molecule has 0 fully saturated rings. The van der Waals surface area contributed by atoms with E-state index in [1.54, 1.807) is 10.0 Å². The fourth-order valence-electron chi connectivity index (χ4n) is 4.27. The molecule has 1 aliphatic carbocycles. The summed E-state index contributed by atoms with van der Waals surface area (Å²) in [5.74, 6) is 0.738. The number of hydrogen-bond acceptors (Lipinski definition) is 4. The molecule has 2 aromatic carbocycles. The highest BCUT2D eigenvalue weighted by atomic mass is 35.5. The second-order valence-electron chi connectivity index (χ2n) is 7.93. The molecule has 0 radical (unpaired) electrons. The van der Waals surface area contributed by atoms with E-state index in [-0.39, 0.29) is 17.6 Å². The number of halogens is 1. The van der Waals surface area contributed by atoms with Crippen molar-refractivity contribution in [3.8, 4) is 5.75 Å². The molecule has 1 aliphatic heterocycles. The lowest BCUT2D eigenvalue weighted by Crippen LogP contribution is -2.47. The van der Waals surface area contributed by atoms with Crippen LogP contribution in [0.5, 0.6) is 5.75 Å². The van der Waals surface area contributed by atoms with Crippen molar-refractivity contribution in [1.29, 1.82) is 0 Å². The first-order valence-corrected chi connectivity index (χ1v) is 10.6. The van der Waals surface area contributed by atoms with E-state index >= 15 is 0 Å². The molecule has 0 N–H and O–H groups in total. The Morgan fingerprint density at radius 3 is 2.40 bits per heavy atom. The van der Waals surface area contributed by atoms with Crippen LogP contribution >= 0.6 is 11.6 Å². The van der Waals surface area contributed by atoms with Crippen molar-refractivity contribution in [3.05, 3.63) is 76.0 Å². The van der Waals surface area contributed by atoms with E-state index < -0.39 is 0 Å². The van der Waals surface area contributed by atoms with E-state index in [2.05, 4.69) is 0 Å². The third-order valence-corrected chi connectivity index (χ3v) is 5.90. The Morgan fingerprint density at radius 1 is 1.03 bits per heavy atom. The normalized spacial score (nSPS) is 19.3. The average molecular weight is 425 g/mol. The van der Waals surface area contributed by atoms with Crippen LogP contribution in [0.3, 0.4) is 0 Å². The summed E-state index contributed by atoms with van der Waals surface area (Å²) in [6, 6.07) is 15.3. The molecular weight excluding hydrogens is 400 g/mol. The highest BCUT2D eigenvalue weighted by molar-refractivity contribution is 6.30. The first-order valence-electron chi connectivity index (χ1n) is 10.2. The van der Waals surface area contributed by atoms with Crippen LogP contribution in [0.2, 0.25) is 5.02 Å². The minimum absolute atomic E-state index is 0.0292. The molecule has 1 unspecified atom stereocenters. The average Bonchev–Trinajstić information content (AvgIpc) is 2.73. The van der Waals surface area contributed by atoms with Gasteiger partial charge in [0, 0.05) is 49.1 Å². The van der Waals surface area contributed by atoms with Crippen LogP contribution < -0.4 is 4.74 Å². The maximum absolute atomic E-state index is 12.8. The lowest BCUT2D eigenvalue weighted by atomic mass is 9.77. The summed E-state index contributed by atoms with van der Waals surface area (Å²) in [7, 11) is 3.68. The summed E-state index contributed by atoms with van der Waals surface area (Å²) >= 11 is 5.92. The number of carbonyl (C=O) groups is 2. The number of benzene rings is 2. The number of hydrazine groups is 1. The van der Waals surface area contributed by atoms with Crippen LogP contribution in [0.25, 0.3) is 0 Å². The van der Waals surface area contributed by atoms with Crippen LogP contribution in [0.4, 0.5) is 0 Å². The number of allylic oxidation sites excluding steroid dienone is 2. The predicted octanol–water partition coefficient (Wildman–Crippen LogP) is 4.72. The molecule has 156 valence electrons. The number of hydrogen-bond donors (Lipinski definition) is 0. The summed E-state index contributed by atoms with van der Waals surface area (Å²) in [4.78, 5) is 25.6. The van der Waals surface area contributed by atoms with E-state index in [1.165, 1.54) is 0 Å². The fraction of sp³-hybridized carbons (Fsp3) is 0.333. The van der Waals surface area contributed by atoms with Gasteiger partial charge in [-0.2, -0.15) is 0 Å². The minimum atomic E-state index is -0.193. The second kappa shape index (κ2) is 8.62. The maximum Gasteiger partial charge on any atom is 0.242 e. The molecule has 1 amide bonds. The van der Waals surface area contributed by atoms with Crippen molar-refractivity contribution in [2.45, 2.75) is 38.2 Å². The quantitative estimate of drug-likeness (QED) is 0.696. The Bertz CT molecular complexity index is 981. The van der Waals surface area contributed by atoms with Crippen LogP contribution in [-0.2, 0) is 16.2 Å². The molecule has 6 heteroatoms. The Hall–Kier alpha value is -2.63. The molecule has 4 rings (SSSR count). The third kappa shape index (κ3) is 4.13. The molecule has 5 nitrogen and oxygen atoms in total. The molecule has 2 aromatic rings. The van der Waals surface area contributed by atoms with E-state index in [4.69, 9.17) is 16.3 Å². The molecule has 1 atom stereocenters. The first kappa shape index (κ1) is 20.6. The number of amides is 1. The molecular formula is C24H25ClN2O3. The van der Waals surface area contributed by atoms with Gasteiger partial charge in [0.15, 0.2) is 5.78 Å². The molecule has 0 bridgehead atoms. The predicted molar refractivity (Wildman–Crippen MR) is 116 cm³/mol. The number of carbonyl (C=O) groups excluding carboxylic acids is 2. The summed E-state index contributed by atoms with van der Waals surface area (Å²) in [5.41, 5.74) is 3.67. The third-order valence-electron chi connectivity index (χ3n) is 5.65. The standard InChI is InChI=1S/C24H25ClN2O3/c1-26(2)27-21-4-3-5-22(28)24(21)20(14-23(27)29)17-8-12-19(13-9-17)30-15-16-6-10-18(25)11-7-16/h6-13,20H,3-5,14-15H2,1-2H3. The number of Topliss-reactive ketones (excluding diaryl/α,β-unsaturated/α-hetero) is 1. The molecule has 0 saturated carbocycles. The van der Waals surface area contributed by atoms with Gasteiger partial charge in [-0.05, 0) is 48.2 Å². The topological polar surface area (TPSA) is 49.9 Å². The minimum Gasteiger partial charge on any atom is -0.489 e. The summed E-state index contributed by atoms with van der Waals surface area (Å²) in [6.45, 7) is 0.448. The summed E-state index contributed by atoms with van der Waals surface area (Å²) in [6.07, 6.45) is 2.39. The Balaban J connectivity index is 1.55. The molecule has 30 heavy (non-hydrogen) atoms. The van der Waals surface area contributed by atoms with Crippen molar-refractivity contribution in [2.75, 3.05) is 14.1 Å². The fourth-order valence-corrected chi connectivity index (χ4v) is 4.39. The van der Waals surface area contributed by atoms with Gasteiger partial charge in [-0.1, -0.05) is 35.9 Å². The lowest BCUT2D eigenvalue weighted by molar-refractivity contribution is -0.143. The Morgan fingerprint density at radius 2 is 1.73 bits per heavy atom. The van der Waals surface area contributed by atoms with Crippen LogP contribution in [0, 0.1) is 0 Å². The summed E-state index contributed by atoms with van der Waals surface area (Å²) in [5, 5.41) is 4.15. The smallest absolute Gasteiger partial charge is 0.242 e. The van der Waals surface area contributed by atoms with Gasteiger partial charge >= 0.3 is 0 Å². The van der Waals surface area contributed by atoms with E-state index in [0.717, 1.165) is 41.0 Å². The van der Waals surface area contributed by atoms with Gasteiger partial charge in [-0.3, -0.25) is 9.59 Å². The van der Waals surface area contributed by atoms with Crippen molar-refractivity contribution < 1.29 is 14.3 Å². The van der Waals surface area contributed by atoms with Crippen molar-refractivity contribution in [3.63, 3.8) is 0 Å². The van der Waals surface area contributed by atoms with Crippen molar-refractivity contribution in [1.82, 2.24) is 10.0 Å². The SMILES string of the molecule is CN(C)N1C(=O)CC(c2ccc(OCc3ccc(Cl)cc3)cc2)C2=C1CCCC2=O. The first-order chi connectivity index (χ1) is 14.4. The van der Waals surface area contributed by atoms with Gasteiger partial charge < -0.3 is 4.74 Å².